The van der Waals surface area contributed by atoms with Gasteiger partial charge in [0.2, 0.25) is 10.0 Å². The van der Waals surface area contributed by atoms with Crippen LogP contribution in [0.4, 0.5) is 0 Å². The van der Waals surface area contributed by atoms with Crippen LogP contribution in [0.25, 0.3) is 0 Å². The van der Waals surface area contributed by atoms with Gasteiger partial charge in [-0.1, -0.05) is 19.1 Å². The van der Waals surface area contributed by atoms with Gasteiger partial charge in [-0.05, 0) is 37.6 Å². The zero-order valence-corrected chi connectivity index (χ0v) is 14.8. The molecule has 0 saturated carbocycles. The number of carbonyl (C=O) groups excluding carboxylic acids is 1. The van der Waals surface area contributed by atoms with E-state index in [9.17, 15) is 13.2 Å². The van der Waals surface area contributed by atoms with Crippen molar-refractivity contribution in [3.8, 4) is 0 Å². The molecule has 6 nitrogen and oxygen atoms in total. The van der Waals surface area contributed by atoms with Crippen LogP contribution in [0, 0.1) is 0 Å². The molecule has 24 heavy (non-hydrogen) atoms. The number of benzene rings is 1. The Morgan fingerprint density at radius 3 is 2.92 bits per heavy atom. The molecule has 1 unspecified atom stereocenters. The minimum absolute atomic E-state index is 0.0937. The molecule has 0 radical (unpaired) electrons. The van der Waals surface area contributed by atoms with Gasteiger partial charge in [0.25, 0.3) is 5.91 Å². The first kappa shape index (κ1) is 18.6. The topological polar surface area (TPSA) is 78.5 Å². The quantitative estimate of drug-likeness (QED) is 0.693. The third-order valence-corrected chi connectivity index (χ3v) is 5.43. The maximum atomic E-state index is 12.9. The molecule has 1 aromatic rings. The largest absolute Gasteiger partial charge is 0.334 e. The first-order chi connectivity index (χ1) is 11.5. The molecule has 1 atom stereocenters. The average molecular weight is 351 g/mol. The summed E-state index contributed by atoms with van der Waals surface area (Å²) in [6, 6.07) is 6.37. The molecule has 1 aliphatic rings. The highest BCUT2D eigenvalue weighted by atomic mass is 32.2. The summed E-state index contributed by atoms with van der Waals surface area (Å²) in [5.74, 6) is -0.119. The molecular weight excluding hydrogens is 326 g/mol. The van der Waals surface area contributed by atoms with E-state index in [4.69, 9.17) is 0 Å². The molecule has 1 saturated heterocycles. The van der Waals surface area contributed by atoms with E-state index < -0.39 is 10.0 Å². The van der Waals surface area contributed by atoms with Crippen LogP contribution < -0.4 is 10.0 Å². The molecule has 1 aromatic carbocycles. The lowest BCUT2D eigenvalue weighted by Crippen LogP contribution is -2.42. The number of amides is 1. The van der Waals surface area contributed by atoms with E-state index in [2.05, 4.69) is 16.6 Å². The second-order valence-electron chi connectivity index (χ2n) is 5.81. The molecule has 2 rings (SSSR count). The molecule has 132 valence electrons. The van der Waals surface area contributed by atoms with Crippen LogP contribution in [0.3, 0.4) is 0 Å². The summed E-state index contributed by atoms with van der Waals surface area (Å²) in [4.78, 5) is 14.8. The first-order valence-corrected chi connectivity index (χ1v) is 9.70. The number of nitrogens with zero attached hydrogens (tertiary/aromatic N) is 1. The molecule has 1 fully saturated rings. The highest BCUT2D eigenvalue weighted by molar-refractivity contribution is 7.89. The molecule has 1 amide bonds. The van der Waals surface area contributed by atoms with E-state index in [0.717, 1.165) is 25.9 Å². The highest BCUT2D eigenvalue weighted by Crippen LogP contribution is 2.17. The Hall–Kier alpha value is -1.70. The summed E-state index contributed by atoms with van der Waals surface area (Å²) in [5.41, 5.74) is 0.400. The second-order valence-corrected chi connectivity index (χ2v) is 7.58. The van der Waals surface area contributed by atoms with Crippen molar-refractivity contribution < 1.29 is 13.2 Å². The van der Waals surface area contributed by atoms with Crippen molar-refractivity contribution in [3.63, 3.8) is 0 Å². The number of carbonyl (C=O) groups is 1. The third-order valence-electron chi connectivity index (χ3n) is 4.01. The van der Waals surface area contributed by atoms with Gasteiger partial charge in [-0.3, -0.25) is 4.79 Å². The SMILES string of the molecule is C=CCNS(=O)(=O)c1cccc(C(=O)N(CCC)C2CCNC2)c1. The number of nitrogens with one attached hydrogen (secondary N) is 2. The van der Waals surface area contributed by atoms with Crippen LogP contribution in [-0.4, -0.2) is 51.4 Å². The Balaban J connectivity index is 2.25. The van der Waals surface area contributed by atoms with Crippen molar-refractivity contribution in [3.05, 3.63) is 42.5 Å². The number of sulfonamides is 1. The van der Waals surface area contributed by atoms with E-state index in [1.807, 2.05) is 11.8 Å². The van der Waals surface area contributed by atoms with Crippen molar-refractivity contribution in [2.24, 2.45) is 0 Å². The standard InChI is InChI=1S/C17H25N3O3S/c1-3-9-19-24(22,23)16-7-5-6-14(12-16)17(21)20(11-4-2)15-8-10-18-13-15/h3,5-7,12,15,18-19H,1,4,8-11,13H2,2H3. The maximum absolute atomic E-state index is 12.9. The van der Waals surface area contributed by atoms with Crippen LogP contribution in [0.5, 0.6) is 0 Å². The maximum Gasteiger partial charge on any atom is 0.254 e. The predicted octanol–water partition coefficient (Wildman–Crippen LogP) is 1.37. The zero-order valence-electron chi connectivity index (χ0n) is 14.0. The van der Waals surface area contributed by atoms with Crippen LogP contribution in [0.15, 0.2) is 41.8 Å². The van der Waals surface area contributed by atoms with E-state index >= 15 is 0 Å². The summed E-state index contributed by atoms with van der Waals surface area (Å²) < 4.78 is 26.9. The lowest BCUT2D eigenvalue weighted by atomic mass is 10.1. The lowest BCUT2D eigenvalue weighted by molar-refractivity contribution is 0.0692. The molecule has 1 aliphatic heterocycles. The summed E-state index contributed by atoms with van der Waals surface area (Å²) in [5, 5.41) is 3.27. The Morgan fingerprint density at radius 1 is 1.50 bits per heavy atom. The number of hydrogen-bond acceptors (Lipinski definition) is 4. The number of rotatable bonds is 8. The van der Waals surface area contributed by atoms with Crippen LogP contribution in [-0.2, 0) is 10.0 Å². The van der Waals surface area contributed by atoms with Gasteiger partial charge in [0.15, 0.2) is 0 Å². The van der Waals surface area contributed by atoms with Gasteiger partial charge in [-0.15, -0.1) is 6.58 Å². The highest BCUT2D eigenvalue weighted by Gasteiger charge is 2.27. The van der Waals surface area contributed by atoms with Crippen molar-refractivity contribution >= 4 is 15.9 Å². The predicted molar refractivity (Wildman–Crippen MR) is 94.4 cm³/mol. The number of hydrogen-bond donors (Lipinski definition) is 2. The fourth-order valence-electron chi connectivity index (χ4n) is 2.81. The smallest absolute Gasteiger partial charge is 0.254 e. The molecule has 1 heterocycles. The van der Waals surface area contributed by atoms with Gasteiger partial charge < -0.3 is 10.2 Å². The summed E-state index contributed by atoms with van der Waals surface area (Å²) in [6.07, 6.45) is 3.26. The minimum atomic E-state index is -3.64. The Kier molecular flexibility index (Phi) is 6.53. The van der Waals surface area contributed by atoms with Crippen molar-refractivity contribution in [1.29, 1.82) is 0 Å². The van der Waals surface area contributed by atoms with E-state index in [-0.39, 0.29) is 23.4 Å². The van der Waals surface area contributed by atoms with E-state index in [1.54, 1.807) is 12.1 Å². The van der Waals surface area contributed by atoms with Gasteiger partial charge in [0, 0.05) is 31.2 Å². The van der Waals surface area contributed by atoms with Crippen LogP contribution in [0.2, 0.25) is 0 Å². The second kappa shape index (κ2) is 8.41. The minimum Gasteiger partial charge on any atom is -0.334 e. The van der Waals surface area contributed by atoms with E-state index in [0.29, 0.717) is 12.1 Å². The van der Waals surface area contributed by atoms with Crippen molar-refractivity contribution in [2.45, 2.75) is 30.7 Å². The molecular formula is C17H25N3O3S. The molecule has 0 aromatic heterocycles. The van der Waals surface area contributed by atoms with Gasteiger partial charge in [-0.2, -0.15) is 0 Å². The van der Waals surface area contributed by atoms with Gasteiger partial charge in [-0.25, -0.2) is 13.1 Å². The van der Waals surface area contributed by atoms with Crippen molar-refractivity contribution in [1.82, 2.24) is 14.9 Å². The molecule has 2 N–H and O–H groups in total. The van der Waals surface area contributed by atoms with Crippen LogP contribution in [0.1, 0.15) is 30.1 Å². The fraction of sp³-hybridized carbons (Fsp3) is 0.471. The summed E-state index contributed by atoms with van der Waals surface area (Å²) >= 11 is 0. The fourth-order valence-corrected chi connectivity index (χ4v) is 3.85. The third kappa shape index (κ3) is 4.43. The molecule has 0 bridgehead atoms. The molecule has 0 spiro atoms. The summed E-state index contributed by atoms with van der Waals surface area (Å²) in [7, 11) is -3.64. The van der Waals surface area contributed by atoms with Gasteiger partial charge in [0.1, 0.15) is 0 Å². The average Bonchev–Trinajstić information content (AvgIpc) is 3.11. The van der Waals surface area contributed by atoms with Crippen LogP contribution >= 0.6 is 0 Å². The van der Waals surface area contributed by atoms with Gasteiger partial charge >= 0.3 is 0 Å². The zero-order chi connectivity index (χ0) is 17.6. The Morgan fingerprint density at radius 2 is 2.29 bits per heavy atom. The summed E-state index contributed by atoms with van der Waals surface area (Å²) in [6.45, 7) is 8.02. The molecule has 7 heteroatoms. The van der Waals surface area contributed by atoms with Gasteiger partial charge in [0.05, 0.1) is 4.90 Å². The van der Waals surface area contributed by atoms with Crippen molar-refractivity contribution in [2.75, 3.05) is 26.2 Å². The Labute approximate surface area is 144 Å². The van der Waals surface area contributed by atoms with E-state index in [1.165, 1.54) is 18.2 Å². The monoisotopic (exact) mass is 351 g/mol. The lowest BCUT2D eigenvalue weighted by Gasteiger charge is -2.28. The Bertz CT molecular complexity index is 682. The molecule has 0 aliphatic carbocycles. The normalized spacial score (nSPS) is 17.6. The first-order valence-electron chi connectivity index (χ1n) is 8.22.